The second kappa shape index (κ2) is 7.50. The van der Waals surface area contributed by atoms with Crippen LogP contribution in [-0.2, 0) is 6.18 Å². The maximum Gasteiger partial charge on any atom is 0.433 e. The highest BCUT2D eigenvalue weighted by Gasteiger charge is 2.37. The molecule has 5 rings (SSSR count). The molecule has 11 heteroatoms. The van der Waals surface area contributed by atoms with E-state index in [2.05, 4.69) is 15.2 Å². The van der Waals surface area contributed by atoms with Crippen LogP contribution in [0.3, 0.4) is 0 Å². The van der Waals surface area contributed by atoms with E-state index in [1.807, 2.05) is 0 Å². The summed E-state index contributed by atoms with van der Waals surface area (Å²) in [4.78, 5) is 18.9. The van der Waals surface area contributed by atoms with Crippen molar-refractivity contribution in [2.24, 2.45) is 0 Å². The number of rotatable bonds is 3. The van der Waals surface area contributed by atoms with Crippen molar-refractivity contribution in [2.75, 3.05) is 13.1 Å². The first-order valence-electron chi connectivity index (χ1n) is 10.0. The third kappa shape index (κ3) is 3.63. The lowest BCUT2D eigenvalue weighted by Gasteiger charge is -2.32. The second-order valence-corrected chi connectivity index (χ2v) is 7.76. The molecule has 0 spiro atoms. The lowest BCUT2D eigenvalue weighted by Crippen LogP contribution is -2.39. The van der Waals surface area contributed by atoms with Crippen molar-refractivity contribution in [1.29, 1.82) is 0 Å². The van der Waals surface area contributed by atoms with Crippen LogP contribution in [0.4, 0.5) is 13.2 Å². The van der Waals surface area contributed by atoms with Gasteiger partial charge in [0, 0.05) is 36.8 Å². The Labute approximate surface area is 179 Å². The van der Waals surface area contributed by atoms with Crippen LogP contribution in [-0.4, -0.2) is 43.7 Å². The number of piperidine rings is 1. The molecular formula is C21H18F3N5O3. The van der Waals surface area contributed by atoms with Crippen LogP contribution in [0.2, 0.25) is 0 Å². The average Bonchev–Trinajstić information content (AvgIpc) is 3.51. The number of fused-ring (bicyclic) bond motifs is 1. The molecule has 0 aliphatic carbocycles. The van der Waals surface area contributed by atoms with Gasteiger partial charge in [0.05, 0.1) is 12.0 Å². The average molecular weight is 445 g/mol. The van der Waals surface area contributed by atoms with Crippen LogP contribution >= 0.6 is 0 Å². The number of hydrogen-bond acceptors (Lipinski definition) is 6. The number of alkyl halides is 3. The molecule has 0 saturated carbocycles. The summed E-state index contributed by atoms with van der Waals surface area (Å²) in [6, 6.07) is 7.41. The van der Waals surface area contributed by atoms with E-state index < -0.39 is 11.9 Å². The van der Waals surface area contributed by atoms with E-state index in [9.17, 15) is 18.0 Å². The van der Waals surface area contributed by atoms with Crippen molar-refractivity contribution in [3.05, 3.63) is 59.4 Å². The monoisotopic (exact) mass is 445 g/mol. The molecule has 1 aliphatic heterocycles. The first kappa shape index (κ1) is 20.3. The highest BCUT2D eigenvalue weighted by molar-refractivity contribution is 5.93. The third-order valence-electron chi connectivity index (χ3n) is 5.48. The molecule has 1 aliphatic rings. The Morgan fingerprint density at radius 1 is 1.22 bits per heavy atom. The van der Waals surface area contributed by atoms with Gasteiger partial charge in [0.1, 0.15) is 5.69 Å². The predicted molar refractivity (Wildman–Crippen MR) is 105 cm³/mol. The molecule has 8 nitrogen and oxygen atoms in total. The molecule has 166 valence electrons. The number of carbonyl (C=O) groups is 1. The quantitative estimate of drug-likeness (QED) is 0.467. The number of amides is 1. The minimum absolute atomic E-state index is 0.114. The van der Waals surface area contributed by atoms with Crippen LogP contribution in [0.5, 0.6) is 0 Å². The number of hydrogen-bond donors (Lipinski definition) is 0. The maximum absolute atomic E-state index is 13.6. The topological polar surface area (TPSA) is 89.7 Å². The first-order valence-corrected chi connectivity index (χ1v) is 10.0. The standard InChI is InChI=1S/C21H18F3N5O3/c1-12-8-19-25-14(10-18(21(22,23)24)29(19)26-12)13-4-2-6-28(11-13)20(30)15-9-17(32-27-15)16-5-3-7-31-16/h3,5,7-10,13H,2,4,6,11H2,1H3. The van der Waals surface area contributed by atoms with Gasteiger partial charge in [-0.05, 0) is 38.0 Å². The Hall–Kier alpha value is -3.63. The maximum atomic E-state index is 13.6. The number of likely N-dealkylation sites (tertiary alicyclic amines) is 1. The zero-order valence-corrected chi connectivity index (χ0v) is 17.0. The van der Waals surface area contributed by atoms with Crippen LogP contribution < -0.4 is 0 Å². The Balaban J connectivity index is 1.42. The number of nitrogens with zero attached hydrogens (tertiary/aromatic N) is 5. The number of aromatic nitrogens is 4. The van der Waals surface area contributed by atoms with Crippen LogP contribution in [0.1, 0.15) is 46.3 Å². The Bertz CT molecular complexity index is 1280. The molecule has 32 heavy (non-hydrogen) atoms. The van der Waals surface area contributed by atoms with Crippen molar-refractivity contribution in [3.63, 3.8) is 0 Å². The second-order valence-electron chi connectivity index (χ2n) is 7.76. The normalized spacial score (nSPS) is 17.2. The van der Waals surface area contributed by atoms with E-state index in [1.54, 1.807) is 24.0 Å². The summed E-state index contributed by atoms with van der Waals surface area (Å²) in [5, 5.41) is 7.75. The van der Waals surface area contributed by atoms with E-state index in [1.165, 1.54) is 18.4 Å². The zero-order valence-electron chi connectivity index (χ0n) is 17.0. The molecule has 1 amide bonds. The van der Waals surface area contributed by atoms with Gasteiger partial charge < -0.3 is 13.8 Å². The van der Waals surface area contributed by atoms with Crippen LogP contribution in [0, 0.1) is 6.92 Å². The minimum Gasteiger partial charge on any atom is -0.461 e. The SMILES string of the molecule is Cc1cc2nc(C3CCCN(C(=O)c4cc(-c5ccco5)on4)C3)cc(C(F)(F)F)n2n1. The van der Waals surface area contributed by atoms with Crippen molar-refractivity contribution < 1.29 is 26.9 Å². The number of aryl methyl sites for hydroxylation is 1. The molecule has 1 unspecified atom stereocenters. The Kier molecular flexibility index (Phi) is 4.75. The zero-order chi connectivity index (χ0) is 22.5. The van der Waals surface area contributed by atoms with Crippen molar-refractivity contribution >= 4 is 11.6 Å². The predicted octanol–water partition coefficient (Wildman–Crippen LogP) is 4.32. The highest BCUT2D eigenvalue weighted by Crippen LogP contribution is 2.34. The Morgan fingerprint density at radius 3 is 2.81 bits per heavy atom. The molecule has 0 aromatic carbocycles. The molecule has 1 atom stereocenters. The summed E-state index contributed by atoms with van der Waals surface area (Å²) in [5.41, 5.74) is 0.101. The molecular weight excluding hydrogens is 427 g/mol. The fourth-order valence-corrected chi connectivity index (χ4v) is 4.00. The summed E-state index contributed by atoms with van der Waals surface area (Å²) in [7, 11) is 0. The van der Waals surface area contributed by atoms with Gasteiger partial charge in [-0.1, -0.05) is 5.16 Å². The third-order valence-corrected chi connectivity index (χ3v) is 5.48. The number of furan rings is 1. The van der Waals surface area contributed by atoms with Gasteiger partial charge >= 0.3 is 6.18 Å². The fraction of sp³-hybridized carbons (Fsp3) is 0.333. The van der Waals surface area contributed by atoms with Gasteiger partial charge in [0.15, 0.2) is 17.1 Å². The van der Waals surface area contributed by atoms with Gasteiger partial charge in [-0.2, -0.15) is 18.3 Å². The molecule has 0 N–H and O–H groups in total. The van der Waals surface area contributed by atoms with Gasteiger partial charge in [-0.3, -0.25) is 4.79 Å². The van der Waals surface area contributed by atoms with Gasteiger partial charge in [0.2, 0.25) is 5.76 Å². The van der Waals surface area contributed by atoms with Crippen molar-refractivity contribution in [1.82, 2.24) is 24.7 Å². The van der Waals surface area contributed by atoms with Gasteiger partial charge in [-0.15, -0.1) is 0 Å². The van der Waals surface area contributed by atoms with Crippen molar-refractivity contribution in [2.45, 2.75) is 31.9 Å². The summed E-state index contributed by atoms with van der Waals surface area (Å²) in [6.45, 7) is 2.32. The van der Waals surface area contributed by atoms with Gasteiger partial charge in [0.25, 0.3) is 5.91 Å². The summed E-state index contributed by atoms with van der Waals surface area (Å²) < 4.78 is 52.2. The van der Waals surface area contributed by atoms with E-state index >= 15 is 0 Å². The molecule has 4 aromatic heterocycles. The van der Waals surface area contributed by atoms with Crippen LogP contribution in [0.25, 0.3) is 17.2 Å². The molecule has 5 heterocycles. The molecule has 0 bridgehead atoms. The van der Waals surface area contributed by atoms with E-state index in [0.717, 1.165) is 10.6 Å². The van der Waals surface area contributed by atoms with E-state index in [4.69, 9.17) is 8.94 Å². The van der Waals surface area contributed by atoms with E-state index in [0.29, 0.717) is 42.3 Å². The molecule has 1 fully saturated rings. The van der Waals surface area contributed by atoms with E-state index in [-0.39, 0.29) is 29.7 Å². The molecule has 4 aromatic rings. The summed E-state index contributed by atoms with van der Waals surface area (Å²) >= 11 is 0. The van der Waals surface area contributed by atoms with Gasteiger partial charge in [-0.25, -0.2) is 9.50 Å². The first-order chi connectivity index (χ1) is 15.3. The minimum atomic E-state index is -4.58. The lowest BCUT2D eigenvalue weighted by atomic mass is 9.93. The largest absolute Gasteiger partial charge is 0.461 e. The number of halogens is 3. The molecule has 0 radical (unpaired) electrons. The fourth-order valence-electron chi connectivity index (χ4n) is 4.00. The summed E-state index contributed by atoms with van der Waals surface area (Å²) in [6.07, 6.45) is -1.85. The summed E-state index contributed by atoms with van der Waals surface area (Å²) in [5.74, 6) is 0.0744. The van der Waals surface area contributed by atoms with Crippen molar-refractivity contribution in [3.8, 4) is 11.5 Å². The smallest absolute Gasteiger partial charge is 0.433 e. The highest BCUT2D eigenvalue weighted by atomic mass is 19.4. The molecule has 1 saturated heterocycles. The van der Waals surface area contributed by atoms with Crippen LogP contribution in [0.15, 0.2) is 45.5 Å². The lowest BCUT2D eigenvalue weighted by molar-refractivity contribution is -0.142. The Morgan fingerprint density at radius 2 is 2.06 bits per heavy atom. The number of carbonyl (C=O) groups excluding carboxylic acids is 1.